The summed E-state index contributed by atoms with van der Waals surface area (Å²) >= 11 is 0. The molecule has 4 amide bonds. The molecule has 2 aliphatic carbocycles. The van der Waals surface area contributed by atoms with E-state index in [0.717, 1.165) is 34.1 Å². The van der Waals surface area contributed by atoms with Gasteiger partial charge in [0.2, 0.25) is 23.6 Å². The van der Waals surface area contributed by atoms with Crippen LogP contribution in [0, 0.1) is 35.5 Å². The SMILES string of the molecule is COc1cc(C=C[C@H]2C3=CC[C@@H]4C(=O)N(c5ccc(C(=O)O)c(O)c5)C(=O)[C@@H]4[C@@H]3C[C@H]3C(=O)N(c4ccc(C(=O)O)c(O)c4)C(=O)[C@@H]23)ccc1O. The Kier molecular flexibility index (Phi) is 7.88. The fourth-order valence-corrected chi connectivity index (χ4v) is 8.05. The van der Waals surface area contributed by atoms with Crippen molar-refractivity contribution in [2.75, 3.05) is 16.9 Å². The number of imide groups is 2. The van der Waals surface area contributed by atoms with Crippen molar-refractivity contribution in [3.63, 3.8) is 0 Å². The van der Waals surface area contributed by atoms with Crippen molar-refractivity contribution in [3.05, 3.63) is 89.0 Å². The highest BCUT2D eigenvalue weighted by Gasteiger charge is 2.61. The number of aromatic hydroxyl groups is 3. The molecule has 51 heavy (non-hydrogen) atoms. The summed E-state index contributed by atoms with van der Waals surface area (Å²) in [5, 5.41) is 49.5. The van der Waals surface area contributed by atoms with Crippen molar-refractivity contribution in [1.29, 1.82) is 0 Å². The number of ether oxygens (including phenoxy) is 1. The molecule has 2 aliphatic heterocycles. The molecule has 14 heteroatoms. The lowest BCUT2D eigenvalue weighted by molar-refractivity contribution is -0.126. The van der Waals surface area contributed by atoms with Crippen LogP contribution >= 0.6 is 0 Å². The summed E-state index contributed by atoms with van der Waals surface area (Å²) in [5.41, 5.74) is 0.436. The van der Waals surface area contributed by atoms with Crippen LogP contribution in [-0.4, -0.2) is 68.2 Å². The Bertz CT molecular complexity index is 2140. The first-order chi connectivity index (χ1) is 24.3. The summed E-state index contributed by atoms with van der Waals surface area (Å²) in [6, 6.07) is 11.4. The number of carbonyl (C=O) groups is 6. The standard InChI is InChI=1S/C37H30N2O12/c1-51-29-12-16(3-11-26(29)40)2-6-20-19-9-10-23-31(35(46)38(32(23)43)17-4-7-21(36(47)48)27(41)13-17)24(19)15-25-30(20)34(45)39(33(25)44)18-5-8-22(37(49)50)28(42)14-18/h2-9,11-14,20,23-25,30-31,40-42H,10,15H2,1H3,(H,47,48)(H,49,50)/t20-,23-,24+,25+,30-,31-/m0/s1. The molecule has 4 aliphatic rings. The summed E-state index contributed by atoms with van der Waals surface area (Å²) in [6.07, 6.45) is 5.44. The summed E-state index contributed by atoms with van der Waals surface area (Å²) in [4.78, 5) is 81.1. The molecule has 260 valence electrons. The Balaban J connectivity index is 1.29. The molecule has 6 atom stereocenters. The van der Waals surface area contributed by atoms with Gasteiger partial charge in [-0.3, -0.25) is 19.2 Å². The Labute approximate surface area is 289 Å². The third-order valence-corrected chi connectivity index (χ3v) is 10.3. The monoisotopic (exact) mass is 694 g/mol. The van der Waals surface area contributed by atoms with Crippen molar-refractivity contribution in [3.8, 4) is 23.0 Å². The topological polar surface area (TPSA) is 219 Å². The zero-order valence-corrected chi connectivity index (χ0v) is 26.8. The van der Waals surface area contributed by atoms with E-state index in [1.165, 1.54) is 25.3 Å². The van der Waals surface area contributed by atoms with Gasteiger partial charge in [-0.25, -0.2) is 19.4 Å². The van der Waals surface area contributed by atoms with E-state index in [1.807, 2.05) is 6.08 Å². The van der Waals surface area contributed by atoms with Crippen LogP contribution in [0.2, 0.25) is 0 Å². The number of carbonyl (C=O) groups excluding carboxylic acids is 4. The van der Waals surface area contributed by atoms with E-state index in [4.69, 9.17) is 4.74 Å². The minimum absolute atomic E-state index is 0.00206. The van der Waals surface area contributed by atoms with Gasteiger partial charge in [-0.2, -0.15) is 0 Å². The van der Waals surface area contributed by atoms with Gasteiger partial charge in [-0.15, -0.1) is 0 Å². The van der Waals surface area contributed by atoms with E-state index in [1.54, 1.807) is 24.3 Å². The normalized spacial score (nSPS) is 25.5. The van der Waals surface area contributed by atoms with Gasteiger partial charge < -0.3 is 30.3 Å². The maximum absolute atomic E-state index is 14.2. The van der Waals surface area contributed by atoms with Gasteiger partial charge in [0.25, 0.3) is 0 Å². The number of benzene rings is 3. The number of phenolic OH excluding ortho intramolecular Hbond substituents is 1. The molecule has 0 aromatic heterocycles. The number of amides is 4. The fourth-order valence-electron chi connectivity index (χ4n) is 8.05. The Morgan fingerprint density at radius 2 is 1.27 bits per heavy atom. The number of fused-ring (bicyclic) bond motifs is 4. The number of anilines is 2. The number of carboxylic acids is 2. The number of rotatable bonds is 7. The third kappa shape index (κ3) is 5.18. The second-order valence-corrected chi connectivity index (χ2v) is 12.9. The highest BCUT2D eigenvalue weighted by atomic mass is 16.5. The molecule has 5 N–H and O–H groups in total. The Hall–Kier alpha value is -6.44. The van der Waals surface area contributed by atoms with E-state index in [-0.39, 0.29) is 35.7 Å². The molecule has 0 radical (unpaired) electrons. The maximum atomic E-state index is 14.2. The van der Waals surface area contributed by atoms with Crippen LogP contribution in [0.4, 0.5) is 11.4 Å². The molecular weight excluding hydrogens is 664 g/mol. The number of aromatic carboxylic acids is 2. The molecule has 3 aromatic carbocycles. The zero-order valence-electron chi connectivity index (χ0n) is 26.8. The van der Waals surface area contributed by atoms with Crippen molar-refractivity contribution in [1.82, 2.24) is 0 Å². The summed E-state index contributed by atoms with van der Waals surface area (Å²) in [5.74, 6) is -11.3. The number of nitrogens with zero attached hydrogens (tertiary/aromatic N) is 2. The molecule has 1 saturated carbocycles. The first-order valence-electron chi connectivity index (χ1n) is 16.0. The number of hydrogen-bond donors (Lipinski definition) is 5. The van der Waals surface area contributed by atoms with E-state index in [0.29, 0.717) is 11.1 Å². The molecule has 0 spiro atoms. The van der Waals surface area contributed by atoms with E-state index < -0.39 is 93.7 Å². The number of methoxy groups -OCH3 is 1. The first kappa shape index (κ1) is 33.1. The van der Waals surface area contributed by atoms with Crippen LogP contribution < -0.4 is 14.5 Å². The van der Waals surface area contributed by atoms with Crippen LogP contribution in [0.3, 0.4) is 0 Å². The van der Waals surface area contributed by atoms with E-state index in [9.17, 15) is 54.3 Å². The number of allylic oxidation sites excluding steroid dienone is 3. The minimum Gasteiger partial charge on any atom is -0.507 e. The average molecular weight is 695 g/mol. The summed E-state index contributed by atoms with van der Waals surface area (Å²) in [6.45, 7) is 0. The molecule has 2 heterocycles. The quantitative estimate of drug-likeness (QED) is 0.176. The van der Waals surface area contributed by atoms with Gasteiger partial charge in [-0.05, 0) is 60.7 Å². The number of hydrogen-bond acceptors (Lipinski definition) is 10. The zero-order chi connectivity index (χ0) is 36.5. The van der Waals surface area contributed by atoms with E-state index >= 15 is 0 Å². The molecule has 14 nitrogen and oxygen atoms in total. The van der Waals surface area contributed by atoms with Crippen LogP contribution in [0.25, 0.3) is 6.08 Å². The van der Waals surface area contributed by atoms with Crippen molar-refractivity contribution >= 4 is 53.0 Å². The number of carboxylic acid groups (broad SMARTS) is 2. The Morgan fingerprint density at radius 1 is 0.706 bits per heavy atom. The van der Waals surface area contributed by atoms with Gasteiger partial charge in [0.05, 0.1) is 42.2 Å². The fraction of sp³-hybridized carbons (Fsp3) is 0.243. The first-order valence-corrected chi connectivity index (χ1v) is 16.0. The average Bonchev–Trinajstić information content (AvgIpc) is 3.50. The summed E-state index contributed by atoms with van der Waals surface area (Å²) < 4.78 is 5.22. The lowest BCUT2D eigenvalue weighted by atomic mass is 9.58. The van der Waals surface area contributed by atoms with Crippen molar-refractivity contribution in [2.45, 2.75) is 12.8 Å². The minimum atomic E-state index is -1.40. The van der Waals surface area contributed by atoms with Gasteiger partial charge >= 0.3 is 11.9 Å². The van der Waals surface area contributed by atoms with Crippen molar-refractivity contribution in [2.24, 2.45) is 35.5 Å². The summed E-state index contributed by atoms with van der Waals surface area (Å²) in [7, 11) is 1.39. The van der Waals surface area contributed by atoms with E-state index in [2.05, 4.69) is 0 Å². The molecule has 0 unspecified atom stereocenters. The molecule has 3 aromatic rings. The Morgan fingerprint density at radius 3 is 1.82 bits per heavy atom. The molecule has 7 rings (SSSR count). The van der Waals surface area contributed by atoms with Gasteiger partial charge in [0, 0.05) is 18.1 Å². The maximum Gasteiger partial charge on any atom is 0.339 e. The van der Waals surface area contributed by atoms with Crippen LogP contribution in [0.15, 0.2) is 72.3 Å². The predicted molar refractivity (Wildman–Crippen MR) is 177 cm³/mol. The highest BCUT2D eigenvalue weighted by molar-refractivity contribution is 6.24. The van der Waals surface area contributed by atoms with Gasteiger partial charge in [0.15, 0.2) is 11.5 Å². The lowest BCUT2D eigenvalue weighted by Crippen LogP contribution is -2.43. The molecule has 3 fully saturated rings. The molecule has 2 saturated heterocycles. The predicted octanol–water partition coefficient (Wildman–Crippen LogP) is 3.80. The van der Waals surface area contributed by atoms with Gasteiger partial charge in [0.1, 0.15) is 22.6 Å². The number of phenols is 3. The smallest absolute Gasteiger partial charge is 0.339 e. The third-order valence-electron chi connectivity index (χ3n) is 10.3. The van der Waals surface area contributed by atoms with Gasteiger partial charge in [-0.1, -0.05) is 29.9 Å². The second kappa shape index (κ2) is 12.2. The van der Waals surface area contributed by atoms with Crippen LogP contribution in [0.1, 0.15) is 39.1 Å². The van der Waals surface area contributed by atoms with Crippen LogP contribution in [-0.2, 0) is 19.2 Å². The molecule has 0 bridgehead atoms. The second-order valence-electron chi connectivity index (χ2n) is 12.9. The lowest BCUT2D eigenvalue weighted by Gasteiger charge is -2.42. The van der Waals surface area contributed by atoms with Crippen LogP contribution in [0.5, 0.6) is 23.0 Å². The molecular formula is C37H30N2O12. The van der Waals surface area contributed by atoms with Crippen molar-refractivity contribution < 1.29 is 59.0 Å². The largest absolute Gasteiger partial charge is 0.507 e. The highest BCUT2D eigenvalue weighted by Crippen LogP contribution is 2.56.